The maximum absolute atomic E-state index is 13.5. The fraction of sp³-hybridized carbons (Fsp3) is 0.300. The average Bonchev–Trinajstić information content (AvgIpc) is 3.36. The fourth-order valence-corrected chi connectivity index (χ4v) is 2.97. The highest BCUT2D eigenvalue weighted by molar-refractivity contribution is 6.08. The molecular weight excluding hydrogens is 447 g/mol. The van der Waals surface area contributed by atoms with Crippen molar-refractivity contribution in [3.63, 3.8) is 0 Å². The van der Waals surface area contributed by atoms with Crippen molar-refractivity contribution in [2.75, 3.05) is 17.2 Å². The van der Waals surface area contributed by atoms with Crippen molar-refractivity contribution >= 4 is 35.1 Å². The number of hydrogen-bond donors (Lipinski definition) is 4. The summed E-state index contributed by atoms with van der Waals surface area (Å²) in [5.74, 6) is -2.26. The van der Waals surface area contributed by atoms with Crippen LogP contribution in [0.25, 0.3) is 0 Å². The Balaban J connectivity index is 1.69. The highest BCUT2D eigenvalue weighted by Gasteiger charge is 2.47. The molecule has 13 heteroatoms. The molecular formula is C20H20F3N5O5. The summed E-state index contributed by atoms with van der Waals surface area (Å²) in [5.41, 5.74) is -0.673. The zero-order valence-corrected chi connectivity index (χ0v) is 17.5. The summed E-state index contributed by atoms with van der Waals surface area (Å²) < 4.78 is 45.4. The first kappa shape index (κ1) is 23.6. The highest BCUT2D eigenvalue weighted by Crippen LogP contribution is 2.36. The quantitative estimate of drug-likeness (QED) is 0.463. The van der Waals surface area contributed by atoms with E-state index in [0.717, 1.165) is 12.3 Å². The van der Waals surface area contributed by atoms with Gasteiger partial charge in [0, 0.05) is 11.4 Å². The first-order valence-electron chi connectivity index (χ1n) is 9.69. The van der Waals surface area contributed by atoms with E-state index < -0.39 is 53.3 Å². The number of hydrogen-bond acceptors (Lipinski definition) is 6. The van der Waals surface area contributed by atoms with Crippen LogP contribution in [0.2, 0.25) is 0 Å². The van der Waals surface area contributed by atoms with Gasteiger partial charge in [0.2, 0.25) is 0 Å². The lowest BCUT2D eigenvalue weighted by Crippen LogP contribution is -2.50. The molecule has 1 aliphatic heterocycles. The largest absolute Gasteiger partial charge is 0.472 e. The number of anilines is 2. The number of alkyl halides is 3. The lowest BCUT2D eigenvalue weighted by atomic mass is 10.00. The topological polar surface area (TPSA) is 133 Å². The second kappa shape index (κ2) is 8.84. The minimum Gasteiger partial charge on any atom is -0.472 e. The number of urea groups is 1. The summed E-state index contributed by atoms with van der Waals surface area (Å²) in [4.78, 5) is 48.4. The molecule has 176 valence electrons. The maximum atomic E-state index is 13.5. The summed E-state index contributed by atoms with van der Waals surface area (Å²) in [6, 6.07) is 3.48. The zero-order chi connectivity index (χ0) is 24.4. The molecule has 1 aliphatic rings. The van der Waals surface area contributed by atoms with Crippen molar-refractivity contribution in [1.29, 1.82) is 0 Å². The molecule has 1 saturated heterocycles. The number of nitrogens with one attached hydrogen (secondary N) is 4. The van der Waals surface area contributed by atoms with Gasteiger partial charge >= 0.3 is 12.2 Å². The normalized spacial score (nSPS) is 18.2. The lowest BCUT2D eigenvalue weighted by molar-refractivity contribution is -0.138. The molecule has 1 fully saturated rings. The van der Waals surface area contributed by atoms with Crippen LogP contribution in [0, 0.1) is 0 Å². The number of nitrogens with zero attached hydrogens (tertiary/aromatic N) is 1. The van der Waals surface area contributed by atoms with E-state index in [1.807, 2.05) is 0 Å². The summed E-state index contributed by atoms with van der Waals surface area (Å²) in [6.07, 6.45) is -2.14. The van der Waals surface area contributed by atoms with E-state index in [-0.39, 0.29) is 17.7 Å². The molecule has 5 amide bonds. The van der Waals surface area contributed by atoms with Gasteiger partial charge in [-0.05, 0) is 37.6 Å². The Labute approximate surface area is 185 Å². The van der Waals surface area contributed by atoms with Crippen LogP contribution in [-0.2, 0) is 15.8 Å². The van der Waals surface area contributed by atoms with Gasteiger partial charge in [0.1, 0.15) is 11.8 Å². The van der Waals surface area contributed by atoms with Crippen LogP contribution in [0.3, 0.4) is 0 Å². The molecule has 1 aromatic heterocycles. The molecule has 0 bridgehead atoms. The minimum atomic E-state index is -4.80. The number of benzene rings is 1. The van der Waals surface area contributed by atoms with E-state index in [1.54, 1.807) is 6.92 Å². The number of imide groups is 1. The molecule has 0 aliphatic carbocycles. The van der Waals surface area contributed by atoms with Crippen molar-refractivity contribution < 1.29 is 36.8 Å². The average molecular weight is 467 g/mol. The third kappa shape index (κ3) is 5.07. The molecule has 2 aromatic rings. The molecule has 10 nitrogen and oxygen atoms in total. The number of carbonyl (C=O) groups excluding carboxylic acids is 4. The molecule has 0 radical (unpaired) electrons. The Morgan fingerprint density at radius 2 is 1.94 bits per heavy atom. The van der Waals surface area contributed by atoms with E-state index in [1.165, 1.54) is 25.3 Å². The van der Waals surface area contributed by atoms with Crippen LogP contribution < -0.4 is 21.4 Å². The van der Waals surface area contributed by atoms with Crippen LogP contribution in [0.1, 0.15) is 36.2 Å². The number of rotatable bonds is 7. The predicted molar refractivity (Wildman–Crippen MR) is 109 cm³/mol. The number of halogens is 3. The molecule has 4 N–H and O–H groups in total. The maximum Gasteiger partial charge on any atom is 0.418 e. The second-order valence-corrected chi connectivity index (χ2v) is 7.37. The monoisotopic (exact) mass is 467 g/mol. The molecule has 0 saturated carbocycles. The van der Waals surface area contributed by atoms with Crippen molar-refractivity contribution in [2.45, 2.75) is 32.0 Å². The van der Waals surface area contributed by atoms with Gasteiger partial charge in [-0.15, -0.1) is 0 Å². The van der Waals surface area contributed by atoms with E-state index in [4.69, 9.17) is 4.42 Å². The van der Waals surface area contributed by atoms with Gasteiger partial charge in [-0.1, -0.05) is 6.92 Å². The summed E-state index contributed by atoms with van der Waals surface area (Å²) in [7, 11) is 0. The van der Waals surface area contributed by atoms with E-state index in [0.29, 0.717) is 11.1 Å². The molecule has 2 heterocycles. The van der Waals surface area contributed by atoms with Crippen LogP contribution in [0.4, 0.5) is 29.3 Å². The highest BCUT2D eigenvalue weighted by atomic mass is 19.4. The van der Waals surface area contributed by atoms with E-state index >= 15 is 0 Å². The van der Waals surface area contributed by atoms with Gasteiger partial charge in [-0.3, -0.25) is 19.8 Å². The molecule has 0 spiro atoms. The van der Waals surface area contributed by atoms with Gasteiger partial charge in [0.15, 0.2) is 0 Å². The number of amides is 5. The molecule has 33 heavy (non-hydrogen) atoms. The third-order valence-corrected chi connectivity index (χ3v) is 5.01. The summed E-state index contributed by atoms with van der Waals surface area (Å²) in [6.45, 7) is 2.49. The standard InChI is InChI=1S/C20H20F3N5O5/c1-3-19(2)17(31)28(18(32)26-19)27-15(29)9-24-14-5-4-12(8-13(14)20(21,22)23)25-16(30)11-6-7-33-10-11/h4-8,10,24H,3,9H2,1-2H3,(H,25,30)(H,26,32)(H,27,29). The second-order valence-electron chi connectivity index (χ2n) is 7.37. The van der Waals surface area contributed by atoms with Crippen molar-refractivity contribution in [3.8, 4) is 0 Å². The summed E-state index contributed by atoms with van der Waals surface area (Å²) in [5, 5.41) is 7.59. The van der Waals surface area contributed by atoms with Crippen molar-refractivity contribution in [2.24, 2.45) is 0 Å². The third-order valence-electron chi connectivity index (χ3n) is 5.01. The Morgan fingerprint density at radius 3 is 2.52 bits per heavy atom. The number of carbonyl (C=O) groups is 4. The number of hydrazine groups is 1. The SMILES string of the molecule is CCC1(C)NC(=O)N(NC(=O)CNc2ccc(NC(=O)c3ccoc3)cc2C(F)(F)F)C1=O. The van der Waals surface area contributed by atoms with Crippen LogP contribution >= 0.6 is 0 Å². The Hall–Kier alpha value is -4.03. The van der Waals surface area contributed by atoms with Gasteiger partial charge < -0.3 is 20.4 Å². The van der Waals surface area contributed by atoms with Crippen LogP contribution in [-0.4, -0.2) is 40.8 Å². The predicted octanol–water partition coefficient (Wildman–Crippen LogP) is 2.71. The first-order valence-corrected chi connectivity index (χ1v) is 9.69. The Morgan fingerprint density at radius 1 is 1.21 bits per heavy atom. The van der Waals surface area contributed by atoms with Gasteiger partial charge in [0.25, 0.3) is 17.7 Å². The summed E-state index contributed by atoms with van der Waals surface area (Å²) >= 11 is 0. The first-order chi connectivity index (χ1) is 15.4. The van der Waals surface area contributed by atoms with E-state index in [9.17, 15) is 32.3 Å². The van der Waals surface area contributed by atoms with Crippen LogP contribution in [0.5, 0.6) is 0 Å². The minimum absolute atomic E-state index is 0.123. The Kier molecular flexibility index (Phi) is 6.33. The van der Waals surface area contributed by atoms with Crippen molar-refractivity contribution in [1.82, 2.24) is 15.8 Å². The van der Waals surface area contributed by atoms with Crippen molar-refractivity contribution in [3.05, 3.63) is 47.9 Å². The van der Waals surface area contributed by atoms with E-state index in [2.05, 4.69) is 21.4 Å². The number of furan rings is 1. The fourth-order valence-electron chi connectivity index (χ4n) is 2.97. The molecule has 1 unspecified atom stereocenters. The van der Waals surface area contributed by atoms with Crippen LogP contribution in [0.15, 0.2) is 41.2 Å². The molecule has 3 rings (SSSR count). The molecule has 1 aromatic carbocycles. The lowest BCUT2D eigenvalue weighted by Gasteiger charge is -2.20. The van der Waals surface area contributed by atoms with Gasteiger partial charge in [-0.25, -0.2) is 4.79 Å². The smallest absolute Gasteiger partial charge is 0.418 e. The zero-order valence-electron chi connectivity index (χ0n) is 17.5. The Bertz CT molecular complexity index is 1090. The molecule has 1 atom stereocenters. The van der Waals surface area contributed by atoms with Gasteiger partial charge in [-0.2, -0.15) is 18.2 Å². The van der Waals surface area contributed by atoms with Gasteiger partial charge in [0.05, 0.1) is 23.9 Å².